The van der Waals surface area contributed by atoms with Crippen molar-refractivity contribution in [2.75, 3.05) is 13.7 Å². The van der Waals surface area contributed by atoms with Crippen LogP contribution in [0.1, 0.15) is 51.6 Å². The van der Waals surface area contributed by atoms with Crippen LogP contribution < -0.4 is 10.1 Å². The molecular weight excluding hydrogens is 356 g/mol. The van der Waals surface area contributed by atoms with Gasteiger partial charge in [0.1, 0.15) is 5.75 Å². The Morgan fingerprint density at radius 1 is 1.07 bits per heavy atom. The number of nitrogens with zero attached hydrogens (tertiary/aromatic N) is 1. The lowest BCUT2D eigenvalue weighted by molar-refractivity contribution is -0.122. The smallest absolute Gasteiger partial charge is 0.261 e. The highest BCUT2D eigenvalue weighted by molar-refractivity contribution is 6.21. The fourth-order valence-corrected chi connectivity index (χ4v) is 3.62. The zero-order valence-electron chi connectivity index (χ0n) is 15.7. The molecule has 4 rings (SSSR count). The number of hydrogen-bond acceptors (Lipinski definition) is 4. The van der Waals surface area contributed by atoms with Crippen molar-refractivity contribution in [3.63, 3.8) is 0 Å². The summed E-state index contributed by atoms with van der Waals surface area (Å²) >= 11 is 0. The number of imide groups is 1. The second-order valence-electron chi connectivity index (χ2n) is 7.21. The largest absolute Gasteiger partial charge is 0.497 e. The third kappa shape index (κ3) is 3.50. The first-order chi connectivity index (χ1) is 13.6. The van der Waals surface area contributed by atoms with Crippen LogP contribution in [0.15, 0.2) is 48.5 Å². The van der Waals surface area contributed by atoms with E-state index in [1.54, 1.807) is 31.4 Å². The monoisotopic (exact) mass is 378 g/mol. The van der Waals surface area contributed by atoms with Crippen LogP contribution in [-0.2, 0) is 4.79 Å². The van der Waals surface area contributed by atoms with E-state index in [1.165, 1.54) is 0 Å². The lowest BCUT2D eigenvalue weighted by atomic mass is 10.0. The van der Waals surface area contributed by atoms with Gasteiger partial charge >= 0.3 is 0 Å². The van der Waals surface area contributed by atoms with E-state index in [0.717, 1.165) is 29.1 Å². The first-order valence-electron chi connectivity index (χ1n) is 9.47. The Kier molecular flexibility index (Phi) is 4.86. The number of benzene rings is 2. The Bertz CT molecular complexity index is 883. The molecule has 0 radical (unpaired) electrons. The zero-order valence-corrected chi connectivity index (χ0v) is 15.7. The minimum absolute atomic E-state index is 0.0550. The molecule has 144 valence electrons. The van der Waals surface area contributed by atoms with Crippen LogP contribution in [0.4, 0.5) is 0 Å². The summed E-state index contributed by atoms with van der Waals surface area (Å²) in [6.45, 7) is 0.0815. The fourth-order valence-electron chi connectivity index (χ4n) is 3.62. The average Bonchev–Trinajstić information content (AvgIpc) is 3.53. The fraction of sp³-hybridized carbons (Fsp3) is 0.318. The van der Waals surface area contributed by atoms with E-state index in [9.17, 15) is 14.4 Å². The third-order valence-electron chi connectivity index (χ3n) is 5.33. The predicted octanol–water partition coefficient (Wildman–Crippen LogP) is 2.95. The second-order valence-corrected chi connectivity index (χ2v) is 7.21. The molecule has 0 spiro atoms. The molecular formula is C22H22N2O4. The van der Waals surface area contributed by atoms with Crippen LogP contribution in [0.3, 0.4) is 0 Å². The molecule has 2 aromatic carbocycles. The minimum atomic E-state index is -0.331. The number of carbonyl (C=O) groups excluding carboxylic acids is 3. The lowest BCUT2D eigenvalue weighted by Crippen LogP contribution is -2.36. The van der Waals surface area contributed by atoms with Crippen molar-refractivity contribution in [3.05, 3.63) is 65.2 Å². The van der Waals surface area contributed by atoms with E-state index in [-0.39, 0.29) is 36.7 Å². The number of carbonyl (C=O) groups is 3. The molecule has 2 aromatic rings. The van der Waals surface area contributed by atoms with Gasteiger partial charge in [-0.25, -0.2) is 0 Å². The molecule has 28 heavy (non-hydrogen) atoms. The number of amides is 3. The molecule has 1 heterocycles. The Balaban J connectivity index is 1.38. The standard InChI is InChI=1S/C22H22N2O4/c1-28-16-10-8-15(9-11-16)20(14-6-7-14)23-19(25)12-13-24-21(26)17-4-2-3-5-18(17)22(24)27/h2-5,8-11,14,20H,6-7,12-13H2,1H3,(H,23,25)/t20-/m1/s1. The molecule has 0 aromatic heterocycles. The van der Waals surface area contributed by atoms with E-state index < -0.39 is 0 Å². The predicted molar refractivity (Wildman–Crippen MR) is 103 cm³/mol. The number of fused-ring (bicyclic) bond motifs is 1. The lowest BCUT2D eigenvalue weighted by Gasteiger charge is -2.20. The maximum Gasteiger partial charge on any atom is 0.261 e. The number of rotatable bonds is 7. The molecule has 1 N–H and O–H groups in total. The molecule has 1 atom stereocenters. The summed E-state index contributed by atoms with van der Waals surface area (Å²) < 4.78 is 5.19. The molecule has 0 bridgehead atoms. The van der Waals surface area contributed by atoms with Crippen molar-refractivity contribution in [3.8, 4) is 5.75 Å². The van der Waals surface area contributed by atoms with Gasteiger partial charge in [0.05, 0.1) is 24.3 Å². The first-order valence-corrected chi connectivity index (χ1v) is 9.47. The SMILES string of the molecule is COc1ccc([C@H](NC(=O)CCN2C(=O)c3ccccc3C2=O)C2CC2)cc1. The molecule has 1 aliphatic carbocycles. The van der Waals surface area contributed by atoms with Gasteiger partial charge in [-0.3, -0.25) is 19.3 Å². The second kappa shape index (κ2) is 7.46. The van der Waals surface area contributed by atoms with Crippen LogP contribution in [0.2, 0.25) is 0 Å². The van der Waals surface area contributed by atoms with Crippen LogP contribution in [-0.4, -0.2) is 36.3 Å². The summed E-state index contributed by atoms with van der Waals surface area (Å²) in [5.41, 5.74) is 1.85. The van der Waals surface area contributed by atoms with Crippen LogP contribution >= 0.6 is 0 Å². The van der Waals surface area contributed by atoms with Crippen molar-refractivity contribution in [2.24, 2.45) is 5.92 Å². The molecule has 0 unspecified atom stereocenters. The number of hydrogen-bond donors (Lipinski definition) is 1. The van der Waals surface area contributed by atoms with Gasteiger partial charge in [-0.05, 0) is 48.6 Å². The summed E-state index contributed by atoms with van der Waals surface area (Å²) in [5.74, 6) is 0.376. The van der Waals surface area contributed by atoms with E-state index in [0.29, 0.717) is 17.0 Å². The quantitative estimate of drug-likeness (QED) is 0.752. The molecule has 2 aliphatic rings. The van der Waals surface area contributed by atoms with Gasteiger partial charge in [-0.15, -0.1) is 0 Å². The van der Waals surface area contributed by atoms with Gasteiger partial charge in [0.2, 0.25) is 5.91 Å². The normalized spacial score (nSPS) is 16.7. The number of nitrogens with one attached hydrogen (secondary N) is 1. The molecule has 1 aliphatic heterocycles. The molecule has 1 fully saturated rings. The highest BCUT2D eigenvalue weighted by Crippen LogP contribution is 2.41. The zero-order chi connectivity index (χ0) is 19.7. The maximum absolute atomic E-state index is 12.5. The molecule has 3 amide bonds. The van der Waals surface area contributed by atoms with Gasteiger partial charge in [0, 0.05) is 13.0 Å². The van der Waals surface area contributed by atoms with E-state index >= 15 is 0 Å². The summed E-state index contributed by atoms with van der Waals surface area (Å²) in [4.78, 5) is 38.5. The highest BCUT2D eigenvalue weighted by atomic mass is 16.5. The Morgan fingerprint density at radius 2 is 1.68 bits per heavy atom. The van der Waals surface area contributed by atoms with Crippen LogP contribution in [0.25, 0.3) is 0 Å². The van der Waals surface area contributed by atoms with Gasteiger partial charge in [0.25, 0.3) is 11.8 Å². The summed E-state index contributed by atoms with van der Waals surface area (Å²) in [7, 11) is 1.62. The van der Waals surface area contributed by atoms with Gasteiger partial charge in [0.15, 0.2) is 0 Å². The van der Waals surface area contributed by atoms with Crippen LogP contribution in [0, 0.1) is 5.92 Å². The minimum Gasteiger partial charge on any atom is -0.497 e. The molecule has 1 saturated carbocycles. The van der Waals surface area contributed by atoms with Crippen molar-refractivity contribution < 1.29 is 19.1 Å². The van der Waals surface area contributed by atoms with Gasteiger partial charge < -0.3 is 10.1 Å². The Labute approximate surface area is 163 Å². The first kappa shape index (κ1) is 18.2. The number of ether oxygens (including phenoxy) is 1. The maximum atomic E-state index is 12.5. The van der Waals surface area contributed by atoms with Crippen molar-refractivity contribution in [1.29, 1.82) is 0 Å². The summed E-state index contributed by atoms with van der Waals surface area (Å²) in [6.07, 6.45) is 2.25. The van der Waals surface area contributed by atoms with Crippen molar-refractivity contribution in [1.82, 2.24) is 10.2 Å². The molecule has 6 heteroatoms. The summed E-state index contributed by atoms with van der Waals surface area (Å²) in [5, 5.41) is 3.08. The van der Waals surface area contributed by atoms with Crippen molar-refractivity contribution >= 4 is 17.7 Å². The topological polar surface area (TPSA) is 75.7 Å². The number of methoxy groups -OCH3 is 1. The van der Waals surface area contributed by atoms with Gasteiger partial charge in [-0.2, -0.15) is 0 Å². The van der Waals surface area contributed by atoms with Crippen molar-refractivity contribution in [2.45, 2.75) is 25.3 Å². The Morgan fingerprint density at radius 3 is 2.21 bits per heavy atom. The van der Waals surface area contributed by atoms with Crippen LogP contribution in [0.5, 0.6) is 5.75 Å². The third-order valence-corrected chi connectivity index (χ3v) is 5.33. The van der Waals surface area contributed by atoms with Gasteiger partial charge in [-0.1, -0.05) is 24.3 Å². The molecule has 0 saturated heterocycles. The summed E-state index contributed by atoms with van der Waals surface area (Å²) in [6, 6.07) is 14.4. The van der Waals surface area contributed by atoms with E-state index in [4.69, 9.17) is 4.74 Å². The highest BCUT2D eigenvalue weighted by Gasteiger charge is 2.36. The molecule has 6 nitrogen and oxygen atoms in total. The van der Waals surface area contributed by atoms with E-state index in [1.807, 2.05) is 24.3 Å². The van der Waals surface area contributed by atoms with E-state index in [2.05, 4.69) is 5.32 Å². The Hall–Kier alpha value is -3.15. The average molecular weight is 378 g/mol.